The predicted molar refractivity (Wildman–Crippen MR) is 255 cm³/mol. The second-order valence-electron chi connectivity index (χ2n) is 16.7. The van der Waals surface area contributed by atoms with Gasteiger partial charge in [-0.2, -0.15) is 0 Å². The minimum absolute atomic E-state index is 0.103. The zero-order chi connectivity index (χ0) is 41.4. The summed E-state index contributed by atoms with van der Waals surface area (Å²) in [4.78, 5) is 16.1. The molecule has 0 N–H and O–H groups in total. The number of para-hydroxylation sites is 1. The smallest absolute Gasteiger partial charge is 0.167 e. The molecule has 0 saturated heterocycles. The van der Waals surface area contributed by atoms with Crippen molar-refractivity contribution in [1.82, 2.24) is 15.0 Å². The van der Waals surface area contributed by atoms with Crippen LogP contribution in [-0.2, 0) is 5.41 Å². The molecule has 1 aliphatic rings. The molecule has 1 aliphatic carbocycles. The average Bonchev–Trinajstić information content (AvgIpc) is 3.84. The van der Waals surface area contributed by atoms with Crippen LogP contribution in [0.5, 0.6) is 0 Å². The van der Waals surface area contributed by atoms with Gasteiger partial charge in [0.2, 0.25) is 0 Å². The highest BCUT2D eigenvalue weighted by Crippen LogP contribution is 2.51. The molecule has 0 radical (unpaired) electrons. The summed E-state index contributed by atoms with van der Waals surface area (Å²) in [6, 6.07) is 70.9. The van der Waals surface area contributed by atoms with Gasteiger partial charge in [0.15, 0.2) is 17.5 Å². The lowest BCUT2D eigenvalue weighted by Crippen LogP contribution is -2.14. The number of furan rings is 1. The van der Waals surface area contributed by atoms with Crippen molar-refractivity contribution >= 4 is 32.7 Å². The molecule has 0 unspecified atom stereocenters. The number of fused-ring (bicyclic) bond motifs is 8. The van der Waals surface area contributed by atoms with Gasteiger partial charge >= 0.3 is 0 Å². The Kier molecular flexibility index (Phi) is 8.16. The van der Waals surface area contributed by atoms with Gasteiger partial charge in [0, 0.05) is 32.9 Å². The summed E-state index contributed by atoms with van der Waals surface area (Å²) in [5.41, 5.74) is 15.9. The number of hydrogen-bond donors (Lipinski definition) is 0. The van der Waals surface area contributed by atoms with E-state index in [1.165, 1.54) is 27.6 Å². The van der Waals surface area contributed by atoms with Crippen molar-refractivity contribution in [3.63, 3.8) is 0 Å². The number of benzene rings is 9. The molecule has 4 nitrogen and oxygen atoms in total. The van der Waals surface area contributed by atoms with Gasteiger partial charge in [0.1, 0.15) is 11.2 Å². The lowest BCUT2D eigenvalue weighted by molar-refractivity contribution is 0.660. The Morgan fingerprint density at radius 2 is 0.952 bits per heavy atom. The predicted octanol–water partition coefficient (Wildman–Crippen LogP) is 15.2. The second-order valence-corrected chi connectivity index (χ2v) is 16.7. The highest BCUT2D eigenvalue weighted by molar-refractivity contribution is 6.20. The fraction of sp³-hybridized carbons (Fsp3) is 0.0517. The summed E-state index contributed by atoms with van der Waals surface area (Å²) in [7, 11) is 0. The van der Waals surface area contributed by atoms with Crippen LogP contribution in [0.15, 0.2) is 205 Å². The summed E-state index contributed by atoms with van der Waals surface area (Å²) in [5.74, 6) is 1.72. The summed E-state index contributed by atoms with van der Waals surface area (Å²) < 4.78 is 6.76. The Bertz CT molecular complexity index is 3540. The Hall–Kier alpha value is -7.95. The number of rotatable bonds is 6. The molecule has 0 spiro atoms. The first-order valence-electron chi connectivity index (χ1n) is 21.2. The quantitative estimate of drug-likeness (QED) is 0.168. The summed E-state index contributed by atoms with van der Waals surface area (Å²) in [5, 5.41) is 4.43. The van der Waals surface area contributed by atoms with Gasteiger partial charge in [-0.1, -0.05) is 184 Å². The van der Waals surface area contributed by atoms with Gasteiger partial charge in [-0.15, -0.1) is 0 Å². The highest BCUT2D eigenvalue weighted by Gasteiger charge is 2.35. The van der Waals surface area contributed by atoms with Crippen LogP contribution in [0.2, 0.25) is 0 Å². The summed E-state index contributed by atoms with van der Waals surface area (Å²) in [6.45, 7) is 4.66. The molecule has 12 rings (SSSR count). The molecule has 0 amide bonds. The van der Waals surface area contributed by atoms with Crippen LogP contribution in [0.25, 0.3) is 111 Å². The molecular weight excluding hydrogens is 755 g/mol. The average molecular weight is 794 g/mol. The number of nitrogens with zero attached hydrogens (tertiary/aromatic N) is 3. The van der Waals surface area contributed by atoms with Gasteiger partial charge in [-0.25, -0.2) is 15.0 Å². The maximum atomic E-state index is 6.76. The zero-order valence-corrected chi connectivity index (χ0v) is 34.3. The van der Waals surface area contributed by atoms with E-state index in [0.29, 0.717) is 17.5 Å². The van der Waals surface area contributed by atoms with Crippen molar-refractivity contribution in [1.29, 1.82) is 0 Å². The van der Waals surface area contributed by atoms with E-state index in [2.05, 4.69) is 196 Å². The molecule has 0 fully saturated rings. The first-order chi connectivity index (χ1) is 30.5. The van der Waals surface area contributed by atoms with Gasteiger partial charge in [0.25, 0.3) is 0 Å². The normalized spacial score (nSPS) is 12.8. The van der Waals surface area contributed by atoms with E-state index in [0.717, 1.165) is 77.4 Å². The zero-order valence-electron chi connectivity index (χ0n) is 34.3. The van der Waals surface area contributed by atoms with Crippen molar-refractivity contribution in [3.8, 4) is 78.7 Å². The summed E-state index contributed by atoms with van der Waals surface area (Å²) in [6.07, 6.45) is 0. The maximum Gasteiger partial charge on any atom is 0.167 e. The van der Waals surface area contributed by atoms with Crippen molar-refractivity contribution < 1.29 is 4.42 Å². The van der Waals surface area contributed by atoms with Crippen LogP contribution >= 0.6 is 0 Å². The van der Waals surface area contributed by atoms with Crippen molar-refractivity contribution in [2.24, 2.45) is 0 Å². The third-order valence-electron chi connectivity index (χ3n) is 12.7. The van der Waals surface area contributed by atoms with Crippen LogP contribution in [0.1, 0.15) is 25.0 Å². The molecule has 9 aromatic carbocycles. The first-order valence-corrected chi connectivity index (χ1v) is 21.2. The molecule has 0 saturated carbocycles. The molecule has 0 aliphatic heterocycles. The fourth-order valence-electron chi connectivity index (χ4n) is 9.72. The van der Waals surface area contributed by atoms with Gasteiger partial charge < -0.3 is 4.42 Å². The van der Waals surface area contributed by atoms with E-state index in [1.807, 2.05) is 18.2 Å². The van der Waals surface area contributed by atoms with Crippen LogP contribution in [0, 0.1) is 0 Å². The molecule has 62 heavy (non-hydrogen) atoms. The third-order valence-corrected chi connectivity index (χ3v) is 12.7. The molecule has 0 bridgehead atoms. The van der Waals surface area contributed by atoms with Gasteiger partial charge in [0.05, 0.1) is 5.56 Å². The number of hydrogen-bond acceptors (Lipinski definition) is 4. The Morgan fingerprint density at radius 3 is 1.74 bits per heavy atom. The minimum Gasteiger partial charge on any atom is -0.455 e. The van der Waals surface area contributed by atoms with E-state index in [9.17, 15) is 0 Å². The molecule has 292 valence electrons. The van der Waals surface area contributed by atoms with Crippen LogP contribution < -0.4 is 0 Å². The van der Waals surface area contributed by atoms with Crippen LogP contribution in [0.4, 0.5) is 0 Å². The Morgan fingerprint density at radius 1 is 0.371 bits per heavy atom. The topological polar surface area (TPSA) is 51.8 Å². The largest absolute Gasteiger partial charge is 0.455 e. The van der Waals surface area contributed by atoms with Crippen molar-refractivity contribution in [3.05, 3.63) is 211 Å². The molecule has 0 atom stereocenters. The number of aromatic nitrogens is 3. The van der Waals surface area contributed by atoms with Crippen molar-refractivity contribution in [2.75, 3.05) is 0 Å². The Balaban J connectivity index is 1.16. The third kappa shape index (κ3) is 5.72. The van der Waals surface area contributed by atoms with E-state index in [1.54, 1.807) is 0 Å². The monoisotopic (exact) mass is 793 g/mol. The van der Waals surface area contributed by atoms with E-state index in [4.69, 9.17) is 19.4 Å². The van der Waals surface area contributed by atoms with Gasteiger partial charge in [-0.3, -0.25) is 0 Å². The van der Waals surface area contributed by atoms with Gasteiger partial charge in [-0.05, 0) is 91.2 Å². The minimum atomic E-state index is -0.103. The molecule has 4 heteroatoms. The SMILES string of the molecule is CC1(C)c2ccccc2-c2cc(-c3cc(-c4ccccc4)cc(-c4nc(-c5ccccc5)nc(-c5cccc6c5oc5ccc7ccccc7c56)n4)c3-c3ccccc3)ccc21. The van der Waals surface area contributed by atoms with Crippen LogP contribution in [-0.4, -0.2) is 15.0 Å². The molecular formula is C58H39N3O. The first kappa shape index (κ1) is 35.9. The maximum absolute atomic E-state index is 6.76. The second kappa shape index (κ2) is 14.1. The van der Waals surface area contributed by atoms with E-state index < -0.39 is 0 Å². The molecule has 11 aromatic rings. The highest BCUT2D eigenvalue weighted by atomic mass is 16.3. The molecule has 2 heterocycles. The standard InChI is InChI=1S/C58H39N3O/c1-58(2)49-28-15-14-25-43(49)47-33-40(29-31-50(47)58)46-34-41(36-17-6-3-7-18-36)35-48(52(46)38-20-8-4-9-21-38)57-60-55(39-22-10-5-11-23-39)59-56(61-57)45-27-16-26-44-53-42-24-13-12-19-37(42)30-32-51(53)62-54(44)45/h3-35H,1-2H3. The van der Waals surface area contributed by atoms with Crippen molar-refractivity contribution in [2.45, 2.75) is 19.3 Å². The summed E-state index contributed by atoms with van der Waals surface area (Å²) >= 11 is 0. The Labute approximate surface area is 359 Å². The lowest BCUT2D eigenvalue weighted by Gasteiger charge is -2.22. The molecule has 2 aromatic heterocycles. The lowest BCUT2D eigenvalue weighted by atomic mass is 9.81. The fourth-order valence-corrected chi connectivity index (χ4v) is 9.72. The van der Waals surface area contributed by atoms with E-state index in [-0.39, 0.29) is 5.41 Å². The van der Waals surface area contributed by atoms with E-state index >= 15 is 0 Å². The van der Waals surface area contributed by atoms with Crippen LogP contribution in [0.3, 0.4) is 0 Å².